The molecule has 0 saturated heterocycles. The molecule has 4 aromatic rings. The third-order valence-corrected chi connectivity index (χ3v) is 4.03. The molecule has 0 aliphatic carbocycles. The average Bonchev–Trinajstić information content (AvgIpc) is 3.10. The van der Waals surface area contributed by atoms with Gasteiger partial charge in [0.1, 0.15) is 0 Å². The Hall–Kier alpha value is -3.74. The van der Waals surface area contributed by atoms with Gasteiger partial charge in [-0.1, -0.05) is 48.5 Å². The fourth-order valence-corrected chi connectivity index (χ4v) is 2.82. The van der Waals surface area contributed by atoms with Crippen molar-refractivity contribution in [2.24, 2.45) is 0 Å². The van der Waals surface area contributed by atoms with Crippen LogP contribution in [0.5, 0.6) is 0 Å². The van der Waals surface area contributed by atoms with E-state index in [1.165, 1.54) is 15.1 Å². The summed E-state index contributed by atoms with van der Waals surface area (Å²) in [7, 11) is 0. The lowest BCUT2D eigenvalue weighted by molar-refractivity contribution is 0.0509. The number of hydrogen-bond donors (Lipinski definition) is 0. The normalized spacial score (nSPS) is 10.9. The number of para-hydroxylation sites is 1. The molecule has 0 amide bonds. The van der Waals surface area contributed by atoms with Crippen LogP contribution < -0.4 is 5.56 Å². The fraction of sp³-hybridized carbons (Fsp3) is 0.100. The smallest absolute Gasteiger partial charge is 0.376 e. The van der Waals surface area contributed by atoms with Crippen LogP contribution >= 0.6 is 0 Å². The standard InChI is InChI=1S/C20H16N4O3/c1-2-27-19(26)18-22-24(15-11-7-4-8-12-15)20-21-16(13-17(25)23(18)20)14-9-5-3-6-10-14/h3-13H,2H2,1H3. The summed E-state index contributed by atoms with van der Waals surface area (Å²) < 4.78 is 7.70. The maximum atomic E-state index is 12.8. The number of hydrogen-bond acceptors (Lipinski definition) is 5. The van der Waals surface area contributed by atoms with Crippen LogP contribution in [0.1, 0.15) is 17.5 Å². The van der Waals surface area contributed by atoms with E-state index < -0.39 is 11.5 Å². The van der Waals surface area contributed by atoms with Crippen LogP contribution in [0.15, 0.2) is 71.5 Å². The second-order valence-electron chi connectivity index (χ2n) is 5.77. The van der Waals surface area contributed by atoms with Crippen molar-refractivity contribution in [2.45, 2.75) is 6.92 Å². The first-order valence-corrected chi connectivity index (χ1v) is 8.50. The van der Waals surface area contributed by atoms with Gasteiger partial charge in [-0.2, -0.15) is 4.68 Å². The minimum Gasteiger partial charge on any atom is -0.460 e. The fourth-order valence-electron chi connectivity index (χ4n) is 2.82. The second kappa shape index (κ2) is 6.87. The molecule has 4 rings (SSSR count). The molecule has 0 aliphatic rings. The second-order valence-corrected chi connectivity index (χ2v) is 5.77. The van der Waals surface area contributed by atoms with Gasteiger partial charge in [0.25, 0.3) is 5.56 Å². The molecule has 0 atom stereocenters. The van der Waals surface area contributed by atoms with Crippen LogP contribution in [0.25, 0.3) is 22.7 Å². The van der Waals surface area contributed by atoms with Crippen LogP contribution in [0.2, 0.25) is 0 Å². The summed E-state index contributed by atoms with van der Waals surface area (Å²) in [5, 5.41) is 4.32. The number of benzene rings is 2. The summed E-state index contributed by atoms with van der Waals surface area (Å²) in [6.45, 7) is 1.88. The van der Waals surface area contributed by atoms with Gasteiger partial charge in [0.15, 0.2) is 0 Å². The van der Waals surface area contributed by atoms with E-state index >= 15 is 0 Å². The van der Waals surface area contributed by atoms with Crippen LogP contribution in [0, 0.1) is 0 Å². The van der Waals surface area contributed by atoms with Crippen molar-refractivity contribution < 1.29 is 9.53 Å². The van der Waals surface area contributed by atoms with E-state index in [0.29, 0.717) is 11.4 Å². The van der Waals surface area contributed by atoms with Gasteiger partial charge in [-0.05, 0) is 19.1 Å². The minimum atomic E-state index is -0.673. The zero-order valence-corrected chi connectivity index (χ0v) is 14.6. The highest BCUT2D eigenvalue weighted by Crippen LogP contribution is 2.18. The molecule has 2 aromatic heterocycles. The predicted molar refractivity (Wildman–Crippen MR) is 100.0 cm³/mol. The van der Waals surface area contributed by atoms with Gasteiger partial charge in [-0.25, -0.2) is 14.2 Å². The zero-order valence-electron chi connectivity index (χ0n) is 14.6. The third kappa shape index (κ3) is 2.99. The van der Waals surface area contributed by atoms with E-state index in [9.17, 15) is 9.59 Å². The van der Waals surface area contributed by atoms with Gasteiger partial charge in [0.05, 0.1) is 18.0 Å². The van der Waals surface area contributed by atoms with Gasteiger partial charge < -0.3 is 4.74 Å². The minimum absolute atomic E-state index is 0.104. The first-order chi connectivity index (χ1) is 13.2. The van der Waals surface area contributed by atoms with Crippen LogP contribution in [-0.4, -0.2) is 31.7 Å². The molecule has 134 valence electrons. The zero-order chi connectivity index (χ0) is 18.8. The topological polar surface area (TPSA) is 78.5 Å². The monoisotopic (exact) mass is 360 g/mol. The van der Waals surface area contributed by atoms with Crippen molar-refractivity contribution in [1.82, 2.24) is 19.2 Å². The first kappa shape index (κ1) is 16.7. The molecule has 0 bridgehead atoms. The molecule has 27 heavy (non-hydrogen) atoms. The molecule has 0 radical (unpaired) electrons. The molecule has 2 aromatic carbocycles. The van der Waals surface area contributed by atoms with Crippen molar-refractivity contribution in [3.8, 4) is 16.9 Å². The lowest BCUT2D eigenvalue weighted by Gasteiger charge is -2.04. The lowest BCUT2D eigenvalue weighted by atomic mass is 10.1. The molecular weight excluding hydrogens is 344 g/mol. The molecule has 0 saturated carbocycles. The van der Waals surface area contributed by atoms with E-state index in [2.05, 4.69) is 10.1 Å². The van der Waals surface area contributed by atoms with Gasteiger partial charge in [-0.3, -0.25) is 4.79 Å². The maximum absolute atomic E-state index is 12.8. The number of carbonyl (C=O) groups excluding carboxylic acids is 1. The Morgan fingerprint density at radius 3 is 2.37 bits per heavy atom. The molecule has 0 N–H and O–H groups in total. The Kier molecular flexibility index (Phi) is 4.25. The average molecular weight is 360 g/mol. The highest BCUT2D eigenvalue weighted by Gasteiger charge is 2.22. The predicted octanol–water partition coefficient (Wildman–Crippen LogP) is 2.72. The summed E-state index contributed by atoms with van der Waals surface area (Å²) in [6.07, 6.45) is 0. The van der Waals surface area contributed by atoms with Crippen LogP contribution in [0.4, 0.5) is 0 Å². The number of esters is 1. The highest BCUT2D eigenvalue weighted by atomic mass is 16.5. The van der Waals surface area contributed by atoms with Crippen molar-refractivity contribution in [2.75, 3.05) is 6.61 Å². The van der Waals surface area contributed by atoms with E-state index in [0.717, 1.165) is 5.56 Å². The van der Waals surface area contributed by atoms with Gasteiger partial charge >= 0.3 is 5.97 Å². The van der Waals surface area contributed by atoms with Crippen LogP contribution in [-0.2, 0) is 4.74 Å². The van der Waals surface area contributed by atoms with E-state index in [1.807, 2.05) is 60.7 Å². The number of fused-ring (bicyclic) bond motifs is 1. The van der Waals surface area contributed by atoms with Crippen molar-refractivity contribution in [1.29, 1.82) is 0 Å². The summed E-state index contributed by atoms with van der Waals surface area (Å²) in [4.78, 5) is 29.7. The summed E-state index contributed by atoms with van der Waals surface area (Å²) in [5.74, 6) is -0.531. The quantitative estimate of drug-likeness (QED) is 0.523. The molecule has 2 heterocycles. The van der Waals surface area contributed by atoms with Crippen LogP contribution in [0.3, 0.4) is 0 Å². The number of aromatic nitrogens is 4. The SMILES string of the molecule is CCOC(=O)c1nn(-c2ccccc2)c2nc(-c3ccccc3)cc(=O)n12. The first-order valence-electron chi connectivity index (χ1n) is 8.50. The van der Waals surface area contributed by atoms with E-state index in [4.69, 9.17) is 4.74 Å². The Bertz CT molecular complexity index is 1160. The molecular formula is C20H16N4O3. The van der Waals surface area contributed by atoms with E-state index in [-0.39, 0.29) is 18.2 Å². The Morgan fingerprint density at radius 1 is 1.04 bits per heavy atom. The summed E-state index contributed by atoms with van der Waals surface area (Å²) in [6, 6.07) is 20.0. The van der Waals surface area contributed by atoms with E-state index in [1.54, 1.807) is 6.92 Å². The Balaban J connectivity index is 2.02. The number of carbonyl (C=O) groups is 1. The Labute approximate surface area is 154 Å². The molecule has 0 spiro atoms. The van der Waals surface area contributed by atoms with Gasteiger partial charge in [-0.15, -0.1) is 5.10 Å². The largest absolute Gasteiger partial charge is 0.460 e. The number of rotatable bonds is 4. The maximum Gasteiger partial charge on any atom is 0.376 e. The molecule has 0 unspecified atom stereocenters. The Morgan fingerprint density at radius 2 is 1.70 bits per heavy atom. The molecule has 7 heteroatoms. The van der Waals surface area contributed by atoms with Gasteiger partial charge in [0, 0.05) is 11.6 Å². The lowest BCUT2D eigenvalue weighted by Crippen LogP contribution is -2.20. The molecule has 7 nitrogen and oxygen atoms in total. The van der Waals surface area contributed by atoms with Crippen molar-refractivity contribution in [3.05, 3.63) is 82.9 Å². The number of ether oxygens (including phenoxy) is 1. The number of nitrogens with zero attached hydrogens (tertiary/aromatic N) is 4. The van der Waals surface area contributed by atoms with Crippen molar-refractivity contribution >= 4 is 11.7 Å². The van der Waals surface area contributed by atoms with Crippen molar-refractivity contribution in [3.63, 3.8) is 0 Å². The highest BCUT2D eigenvalue weighted by molar-refractivity contribution is 5.86. The van der Waals surface area contributed by atoms with Gasteiger partial charge in [0.2, 0.25) is 11.6 Å². The summed E-state index contributed by atoms with van der Waals surface area (Å²) >= 11 is 0. The molecule has 0 aliphatic heterocycles. The third-order valence-electron chi connectivity index (χ3n) is 4.03. The molecule has 0 fully saturated rings. The summed E-state index contributed by atoms with van der Waals surface area (Å²) in [5.41, 5.74) is 1.59.